The SMILES string of the molecule is Cc1nn(Cc2ccccc2Cl)c(C)c1CN(C)Cn1nc(-c2cccnc2)n(C2CC2)c1=S. The van der Waals surface area contributed by atoms with Crippen LogP contribution in [0.2, 0.25) is 5.02 Å². The molecule has 0 N–H and O–H groups in total. The van der Waals surface area contributed by atoms with Crippen LogP contribution in [-0.4, -0.2) is 41.1 Å². The summed E-state index contributed by atoms with van der Waals surface area (Å²) in [5.41, 5.74) is 5.45. The molecule has 3 heterocycles. The van der Waals surface area contributed by atoms with Crippen molar-refractivity contribution in [1.82, 2.24) is 34.0 Å². The Hall–Kier alpha value is -2.81. The monoisotopic (exact) mass is 493 g/mol. The van der Waals surface area contributed by atoms with Crippen molar-refractivity contribution in [1.29, 1.82) is 0 Å². The Kier molecular flexibility index (Phi) is 6.38. The van der Waals surface area contributed by atoms with Gasteiger partial charge in [0, 0.05) is 46.8 Å². The molecule has 34 heavy (non-hydrogen) atoms. The van der Waals surface area contributed by atoms with Gasteiger partial charge in [-0.25, -0.2) is 4.68 Å². The highest BCUT2D eigenvalue weighted by atomic mass is 35.5. The Morgan fingerprint density at radius 3 is 2.59 bits per heavy atom. The summed E-state index contributed by atoms with van der Waals surface area (Å²) in [6.07, 6.45) is 5.92. The molecule has 1 saturated carbocycles. The molecule has 9 heteroatoms. The molecule has 0 unspecified atom stereocenters. The second kappa shape index (κ2) is 9.44. The standard InChI is InChI=1S/C25H28ClN7S/c1-17-22(18(2)31(28-17)14-20-7-4-5-9-23(20)26)15-30(3)16-32-25(34)33(21-10-11-21)24(29-32)19-8-6-12-27-13-19/h4-9,12-13,21H,10-11,14-16H2,1-3H3. The van der Waals surface area contributed by atoms with Crippen molar-refractivity contribution in [2.24, 2.45) is 0 Å². The fourth-order valence-electron chi connectivity index (χ4n) is 4.32. The molecule has 5 rings (SSSR count). The van der Waals surface area contributed by atoms with E-state index in [0.717, 1.165) is 57.5 Å². The van der Waals surface area contributed by atoms with Crippen LogP contribution in [0.4, 0.5) is 0 Å². The van der Waals surface area contributed by atoms with Crippen molar-refractivity contribution in [3.63, 3.8) is 0 Å². The minimum atomic E-state index is 0.439. The summed E-state index contributed by atoms with van der Waals surface area (Å²) in [7, 11) is 2.09. The number of aryl methyl sites for hydroxylation is 1. The highest BCUT2D eigenvalue weighted by Crippen LogP contribution is 2.38. The number of rotatable bonds is 8. The molecule has 3 aromatic heterocycles. The fraction of sp³-hybridized carbons (Fsp3) is 0.360. The van der Waals surface area contributed by atoms with Crippen LogP contribution in [0, 0.1) is 18.6 Å². The van der Waals surface area contributed by atoms with Crippen LogP contribution in [0.3, 0.4) is 0 Å². The van der Waals surface area contributed by atoms with Gasteiger partial charge in [-0.15, -0.1) is 0 Å². The molecule has 1 aliphatic rings. The van der Waals surface area contributed by atoms with Crippen molar-refractivity contribution < 1.29 is 0 Å². The second-order valence-corrected chi connectivity index (χ2v) is 9.77. The highest BCUT2D eigenvalue weighted by Gasteiger charge is 2.29. The Labute approximate surface area is 209 Å². The third kappa shape index (κ3) is 4.58. The van der Waals surface area contributed by atoms with Crippen LogP contribution < -0.4 is 0 Å². The predicted molar refractivity (Wildman–Crippen MR) is 136 cm³/mol. The molecule has 1 aliphatic carbocycles. The Morgan fingerprint density at radius 1 is 1.09 bits per heavy atom. The van der Waals surface area contributed by atoms with E-state index in [1.165, 1.54) is 5.56 Å². The third-order valence-electron chi connectivity index (χ3n) is 6.31. The van der Waals surface area contributed by atoms with E-state index in [4.69, 9.17) is 34.0 Å². The molecular formula is C25H28ClN7S. The van der Waals surface area contributed by atoms with Gasteiger partial charge >= 0.3 is 0 Å². The molecule has 7 nitrogen and oxygen atoms in total. The van der Waals surface area contributed by atoms with E-state index in [9.17, 15) is 0 Å². The van der Waals surface area contributed by atoms with Gasteiger partial charge in [0.15, 0.2) is 10.6 Å². The first kappa shape index (κ1) is 23.0. The minimum Gasteiger partial charge on any atom is -0.297 e. The lowest BCUT2D eigenvalue weighted by Crippen LogP contribution is -2.23. The maximum atomic E-state index is 6.37. The Bertz CT molecular complexity index is 1370. The average Bonchev–Trinajstić information content (AvgIpc) is 3.57. The molecular weight excluding hydrogens is 466 g/mol. The van der Waals surface area contributed by atoms with Gasteiger partial charge in [0.25, 0.3) is 0 Å². The number of aromatic nitrogens is 6. The zero-order valence-corrected chi connectivity index (χ0v) is 21.2. The predicted octanol–water partition coefficient (Wildman–Crippen LogP) is 5.42. The van der Waals surface area contributed by atoms with E-state index < -0.39 is 0 Å². The molecule has 0 aliphatic heterocycles. The van der Waals surface area contributed by atoms with Crippen molar-refractivity contribution in [2.45, 2.75) is 52.5 Å². The first-order valence-corrected chi connectivity index (χ1v) is 12.3. The maximum absolute atomic E-state index is 6.37. The zero-order valence-electron chi connectivity index (χ0n) is 19.6. The summed E-state index contributed by atoms with van der Waals surface area (Å²) in [6, 6.07) is 12.3. The lowest BCUT2D eigenvalue weighted by molar-refractivity contribution is 0.243. The molecule has 0 radical (unpaired) electrons. The number of benzene rings is 1. The van der Waals surface area contributed by atoms with E-state index in [0.29, 0.717) is 19.3 Å². The van der Waals surface area contributed by atoms with E-state index >= 15 is 0 Å². The summed E-state index contributed by atoms with van der Waals surface area (Å²) in [5, 5.41) is 10.5. The van der Waals surface area contributed by atoms with Gasteiger partial charge < -0.3 is 0 Å². The van der Waals surface area contributed by atoms with Crippen molar-refractivity contribution in [2.75, 3.05) is 7.05 Å². The van der Waals surface area contributed by atoms with Gasteiger partial charge in [-0.3, -0.25) is 19.1 Å². The van der Waals surface area contributed by atoms with Crippen LogP contribution in [0.15, 0.2) is 48.8 Å². The van der Waals surface area contributed by atoms with Gasteiger partial charge in [0.2, 0.25) is 0 Å². The first-order chi connectivity index (χ1) is 16.4. The summed E-state index contributed by atoms with van der Waals surface area (Å²) in [5.74, 6) is 0.897. The van der Waals surface area contributed by atoms with Crippen LogP contribution in [0.5, 0.6) is 0 Å². The zero-order chi connectivity index (χ0) is 23.8. The van der Waals surface area contributed by atoms with Crippen LogP contribution in [0.25, 0.3) is 11.4 Å². The molecule has 0 saturated heterocycles. The second-order valence-electron chi connectivity index (χ2n) is 9.00. The molecule has 1 fully saturated rings. The van der Waals surface area contributed by atoms with Crippen molar-refractivity contribution in [3.8, 4) is 11.4 Å². The fourth-order valence-corrected chi connectivity index (χ4v) is 4.85. The molecule has 176 valence electrons. The van der Waals surface area contributed by atoms with Gasteiger partial charge in [-0.2, -0.15) is 10.2 Å². The molecule has 0 spiro atoms. The number of halogens is 1. The largest absolute Gasteiger partial charge is 0.297 e. The third-order valence-corrected chi connectivity index (χ3v) is 7.09. The normalized spacial score (nSPS) is 13.7. The van der Waals surface area contributed by atoms with E-state index in [1.54, 1.807) is 6.20 Å². The maximum Gasteiger partial charge on any atom is 0.199 e. The summed E-state index contributed by atoms with van der Waals surface area (Å²) in [4.78, 5) is 6.50. The van der Waals surface area contributed by atoms with Crippen LogP contribution in [0.1, 0.15) is 41.4 Å². The van der Waals surface area contributed by atoms with Crippen molar-refractivity contribution >= 4 is 23.8 Å². The molecule has 0 atom stereocenters. The smallest absolute Gasteiger partial charge is 0.199 e. The van der Waals surface area contributed by atoms with E-state index in [2.05, 4.69) is 35.3 Å². The molecule has 0 bridgehead atoms. The summed E-state index contributed by atoms with van der Waals surface area (Å²) in [6.45, 7) is 6.18. The lowest BCUT2D eigenvalue weighted by atomic mass is 10.2. The lowest BCUT2D eigenvalue weighted by Gasteiger charge is -2.17. The van der Waals surface area contributed by atoms with Crippen LogP contribution in [-0.2, 0) is 19.8 Å². The number of hydrogen-bond acceptors (Lipinski definition) is 5. The Morgan fingerprint density at radius 2 is 1.88 bits per heavy atom. The van der Waals surface area contributed by atoms with Crippen molar-refractivity contribution in [3.05, 3.63) is 81.1 Å². The van der Waals surface area contributed by atoms with Gasteiger partial charge in [0.05, 0.1) is 18.9 Å². The highest BCUT2D eigenvalue weighted by molar-refractivity contribution is 7.71. The Balaban J connectivity index is 1.36. The molecule has 1 aromatic carbocycles. The summed E-state index contributed by atoms with van der Waals surface area (Å²) >= 11 is 12.2. The summed E-state index contributed by atoms with van der Waals surface area (Å²) < 4.78 is 6.91. The molecule has 4 aromatic rings. The first-order valence-electron chi connectivity index (χ1n) is 11.5. The minimum absolute atomic E-state index is 0.439. The average molecular weight is 494 g/mol. The van der Waals surface area contributed by atoms with Gasteiger partial charge in [-0.05, 0) is 69.7 Å². The van der Waals surface area contributed by atoms with Gasteiger partial charge in [0.1, 0.15) is 0 Å². The quantitative estimate of drug-likeness (QED) is 0.307. The van der Waals surface area contributed by atoms with E-state index in [-0.39, 0.29) is 0 Å². The van der Waals surface area contributed by atoms with Gasteiger partial charge in [-0.1, -0.05) is 29.8 Å². The van der Waals surface area contributed by atoms with E-state index in [1.807, 2.05) is 52.0 Å². The van der Waals surface area contributed by atoms with Crippen LogP contribution >= 0.6 is 23.8 Å². The number of hydrogen-bond donors (Lipinski definition) is 0. The number of nitrogens with zero attached hydrogens (tertiary/aromatic N) is 7. The molecule has 0 amide bonds. The number of pyridine rings is 1. The topological polar surface area (TPSA) is 56.7 Å².